The zero-order valence-electron chi connectivity index (χ0n) is 18.7. The smallest absolute Gasteiger partial charge is 0.426 e. The van der Waals surface area contributed by atoms with Crippen molar-refractivity contribution in [3.05, 3.63) is 113 Å². The van der Waals surface area contributed by atoms with Gasteiger partial charge >= 0.3 is 12.3 Å². The van der Waals surface area contributed by atoms with Gasteiger partial charge in [0.25, 0.3) is 0 Å². The third-order valence-corrected chi connectivity index (χ3v) is 5.52. The SMILES string of the molecule is Cc1ccc(-c2ccc(-c3ccc(C(F)(F)Oc4cc(F)c(C(F)(F)F)c(F)c4)cc3)c(F)c2F)cc1. The van der Waals surface area contributed by atoms with Gasteiger partial charge in [-0.3, -0.25) is 0 Å². The first-order valence-electron chi connectivity index (χ1n) is 10.6. The largest absolute Gasteiger partial charge is 0.429 e. The minimum Gasteiger partial charge on any atom is -0.429 e. The van der Waals surface area contributed by atoms with Crippen molar-refractivity contribution < 1.29 is 44.3 Å². The first kappa shape index (κ1) is 26.1. The Morgan fingerprint density at radius 3 is 1.46 bits per heavy atom. The summed E-state index contributed by atoms with van der Waals surface area (Å²) in [6.07, 6.45) is -9.60. The van der Waals surface area contributed by atoms with Gasteiger partial charge in [0.2, 0.25) is 0 Å². The van der Waals surface area contributed by atoms with Crippen molar-refractivity contribution in [2.75, 3.05) is 0 Å². The molecule has 0 radical (unpaired) electrons. The fourth-order valence-corrected chi connectivity index (χ4v) is 3.66. The summed E-state index contributed by atoms with van der Waals surface area (Å²) in [5.74, 6) is -7.77. The summed E-state index contributed by atoms with van der Waals surface area (Å²) >= 11 is 0. The second kappa shape index (κ2) is 9.49. The predicted molar refractivity (Wildman–Crippen MR) is 118 cm³/mol. The van der Waals surface area contributed by atoms with Gasteiger partial charge in [-0.2, -0.15) is 22.0 Å². The monoisotopic (exact) mass is 526 g/mol. The number of ether oxygens (including phenoxy) is 1. The summed E-state index contributed by atoms with van der Waals surface area (Å²) in [6.45, 7) is 1.84. The minimum absolute atomic E-state index is 0.00816. The molecular weight excluding hydrogens is 511 g/mol. The van der Waals surface area contributed by atoms with Crippen LogP contribution in [0.3, 0.4) is 0 Å². The van der Waals surface area contributed by atoms with E-state index in [9.17, 15) is 39.5 Å². The van der Waals surface area contributed by atoms with Gasteiger partial charge in [-0.15, -0.1) is 0 Å². The topological polar surface area (TPSA) is 9.23 Å². The van der Waals surface area contributed by atoms with Crippen molar-refractivity contribution in [1.82, 2.24) is 0 Å². The van der Waals surface area contributed by atoms with E-state index in [2.05, 4.69) is 4.74 Å². The van der Waals surface area contributed by atoms with E-state index in [1.807, 2.05) is 6.92 Å². The van der Waals surface area contributed by atoms with Gasteiger partial charge in [0.1, 0.15) is 22.9 Å². The summed E-state index contributed by atoms with van der Waals surface area (Å²) in [4.78, 5) is 0. The van der Waals surface area contributed by atoms with E-state index in [1.54, 1.807) is 24.3 Å². The molecular formula is C27H15F9O. The summed E-state index contributed by atoms with van der Waals surface area (Å²) in [5.41, 5.74) is -1.89. The maximum atomic E-state index is 14.8. The van der Waals surface area contributed by atoms with E-state index in [0.717, 1.165) is 29.8 Å². The summed E-state index contributed by atoms with van der Waals surface area (Å²) in [6, 6.07) is 13.0. The van der Waals surface area contributed by atoms with Crippen LogP contribution >= 0.6 is 0 Å². The zero-order chi connectivity index (χ0) is 27.1. The molecule has 0 aliphatic carbocycles. The zero-order valence-corrected chi connectivity index (χ0v) is 18.7. The molecule has 0 saturated heterocycles. The van der Waals surface area contributed by atoms with Gasteiger partial charge in [0.05, 0.1) is 5.56 Å². The van der Waals surface area contributed by atoms with Crippen molar-refractivity contribution in [3.8, 4) is 28.0 Å². The summed E-state index contributed by atoms with van der Waals surface area (Å²) < 4.78 is 128. The van der Waals surface area contributed by atoms with Crippen molar-refractivity contribution in [2.24, 2.45) is 0 Å². The highest BCUT2D eigenvalue weighted by Gasteiger charge is 2.40. The third kappa shape index (κ3) is 5.28. The number of halogens is 9. The summed E-state index contributed by atoms with van der Waals surface area (Å²) in [5, 5.41) is 0. The molecule has 0 spiro atoms. The van der Waals surface area contributed by atoms with Crippen LogP contribution in [0.1, 0.15) is 16.7 Å². The Morgan fingerprint density at radius 1 is 0.595 bits per heavy atom. The molecule has 1 nitrogen and oxygen atoms in total. The Bertz CT molecular complexity index is 1420. The van der Waals surface area contributed by atoms with Gasteiger partial charge in [0.15, 0.2) is 11.6 Å². The molecule has 0 aliphatic rings. The van der Waals surface area contributed by atoms with Gasteiger partial charge in [-0.05, 0) is 30.2 Å². The van der Waals surface area contributed by atoms with Crippen molar-refractivity contribution in [3.63, 3.8) is 0 Å². The van der Waals surface area contributed by atoms with E-state index >= 15 is 0 Å². The first-order chi connectivity index (χ1) is 17.3. The quantitative estimate of drug-likeness (QED) is 0.236. The minimum atomic E-state index is -5.38. The molecule has 37 heavy (non-hydrogen) atoms. The second-order valence-electron chi connectivity index (χ2n) is 8.11. The second-order valence-corrected chi connectivity index (χ2v) is 8.11. The van der Waals surface area contributed by atoms with Crippen LogP contribution in [0.4, 0.5) is 39.5 Å². The lowest BCUT2D eigenvalue weighted by atomic mass is 9.97. The molecule has 0 fully saturated rings. The van der Waals surface area contributed by atoms with Crippen LogP contribution in [-0.2, 0) is 12.3 Å². The number of alkyl halides is 5. The molecule has 0 N–H and O–H groups in total. The van der Waals surface area contributed by atoms with Crippen molar-refractivity contribution in [2.45, 2.75) is 19.2 Å². The Kier molecular flexibility index (Phi) is 6.70. The Labute approximate surface area is 204 Å². The Balaban J connectivity index is 1.60. The van der Waals surface area contributed by atoms with Crippen LogP contribution in [0.25, 0.3) is 22.3 Å². The predicted octanol–water partition coefficient (Wildman–Crippen LogP) is 9.03. The fraction of sp³-hybridized carbons (Fsp3) is 0.111. The molecule has 10 heteroatoms. The molecule has 192 valence electrons. The number of benzene rings is 4. The number of rotatable bonds is 5. The van der Waals surface area contributed by atoms with Crippen LogP contribution in [-0.4, -0.2) is 0 Å². The lowest BCUT2D eigenvalue weighted by Gasteiger charge is -2.19. The maximum Gasteiger partial charge on any atom is 0.426 e. The van der Waals surface area contributed by atoms with E-state index in [0.29, 0.717) is 5.56 Å². The number of hydrogen-bond donors (Lipinski definition) is 0. The molecule has 0 saturated carbocycles. The Hall–Kier alpha value is -3.95. The molecule has 0 aliphatic heterocycles. The molecule has 4 aromatic rings. The van der Waals surface area contributed by atoms with E-state index in [1.165, 1.54) is 12.1 Å². The van der Waals surface area contributed by atoms with Crippen LogP contribution in [0, 0.1) is 30.2 Å². The van der Waals surface area contributed by atoms with Crippen LogP contribution < -0.4 is 4.74 Å². The summed E-state index contributed by atoms with van der Waals surface area (Å²) in [7, 11) is 0. The number of hydrogen-bond acceptors (Lipinski definition) is 1. The average Bonchev–Trinajstić information content (AvgIpc) is 2.80. The highest BCUT2D eigenvalue weighted by molar-refractivity contribution is 5.72. The molecule has 0 heterocycles. The molecule has 0 unspecified atom stereocenters. The van der Waals surface area contributed by atoms with Gasteiger partial charge in [0, 0.05) is 23.3 Å². The standard InChI is InChI=1S/C27H15F9O/c1-14-2-4-15(5-3-14)19-10-11-20(25(31)24(19)30)16-6-8-17(9-7-16)27(35,36)37-18-12-21(28)23(22(29)13-18)26(32,33)34/h2-13H,1H3. The molecule has 0 atom stereocenters. The highest BCUT2D eigenvalue weighted by atomic mass is 19.4. The van der Waals surface area contributed by atoms with Crippen molar-refractivity contribution in [1.29, 1.82) is 0 Å². The molecule has 0 aromatic heterocycles. The highest BCUT2D eigenvalue weighted by Crippen LogP contribution is 2.39. The number of aryl methyl sites for hydroxylation is 1. The normalized spacial score (nSPS) is 12.1. The van der Waals surface area contributed by atoms with E-state index < -0.39 is 52.4 Å². The molecule has 0 amide bonds. The van der Waals surface area contributed by atoms with Crippen LogP contribution in [0.2, 0.25) is 0 Å². The molecule has 0 bridgehead atoms. The lowest BCUT2D eigenvalue weighted by Crippen LogP contribution is -2.22. The molecule has 4 aromatic carbocycles. The van der Waals surface area contributed by atoms with Gasteiger partial charge in [-0.25, -0.2) is 17.6 Å². The lowest BCUT2D eigenvalue weighted by molar-refractivity contribution is -0.185. The molecule has 4 rings (SSSR count). The van der Waals surface area contributed by atoms with Crippen molar-refractivity contribution >= 4 is 0 Å². The van der Waals surface area contributed by atoms with Crippen LogP contribution in [0.5, 0.6) is 5.75 Å². The maximum absolute atomic E-state index is 14.8. The van der Waals surface area contributed by atoms with E-state index in [4.69, 9.17) is 0 Å². The third-order valence-electron chi connectivity index (χ3n) is 5.52. The Morgan fingerprint density at radius 2 is 1.03 bits per heavy atom. The van der Waals surface area contributed by atoms with Gasteiger partial charge in [-0.1, -0.05) is 54.1 Å². The first-order valence-corrected chi connectivity index (χ1v) is 10.6. The van der Waals surface area contributed by atoms with Gasteiger partial charge < -0.3 is 4.74 Å². The fourth-order valence-electron chi connectivity index (χ4n) is 3.66. The average molecular weight is 526 g/mol. The van der Waals surface area contributed by atoms with E-state index in [-0.39, 0.29) is 28.8 Å². The van der Waals surface area contributed by atoms with Crippen LogP contribution in [0.15, 0.2) is 72.8 Å².